The van der Waals surface area contributed by atoms with Gasteiger partial charge in [0.1, 0.15) is 0 Å². The average Bonchev–Trinajstić information content (AvgIpc) is 2.82. The molecule has 138 valence electrons. The number of hydrogen-bond donors (Lipinski definition) is 0. The van der Waals surface area contributed by atoms with E-state index in [1.807, 2.05) is 35.2 Å². The Labute approximate surface area is 152 Å². The predicted molar refractivity (Wildman–Crippen MR) is 101 cm³/mol. The number of hydrogen-bond acceptors (Lipinski definition) is 3. The summed E-state index contributed by atoms with van der Waals surface area (Å²) >= 11 is 0. The van der Waals surface area contributed by atoms with Crippen molar-refractivity contribution in [3.8, 4) is 0 Å². The number of likely N-dealkylation sites (tertiary alicyclic amines) is 1. The lowest BCUT2D eigenvalue weighted by atomic mass is 9.92. The SMILES string of the molecule is CC(C)CCN1CCC[C@@]2(CC1)CN(C(=O)c1ccccc1)CCO2. The van der Waals surface area contributed by atoms with Gasteiger partial charge >= 0.3 is 0 Å². The van der Waals surface area contributed by atoms with Crippen molar-refractivity contribution in [2.24, 2.45) is 5.92 Å². The zero-order valence-electron chi connectivity index (χ0n) is 15.7. The van der Waals surface area contributed by atoms with Crippen LogP contribution in [0.3, 0.4) is 0 Å². The molecule has 1 aromatic rings. The fourth-order valence-electron chi connectivity index (χ4n) is 3.97. The first-order valence-electron chi connectivity index (χ1n) is 9.79. The third-order valence-electron chi connectivity index (χ3n) is 5.57. The van der Waals surface area contributed by atoms with Crippen LogP contribution in [0.1, 0.15) is 49.9 Å². The van der Waals surface area contributed by atoms with E-state index in [9.17, 15) is 4.79 Å². The van der Waals surface area contributed by atoms with Crippen molar-refractivity contribution in [2.75, 3.05) is 39.3 Å². The molecule has 0 N–H and O–H groups in total. The summed E-state index contributed by atoms with van der Waals surface area (Å²) in [6, 6.07) is 9.63. The van der Waals surface area contributed by atoms with Crippen LogP contribution < -0.4 is 0 Å². The second kappa shape index (κ2) is 8.33. The minimum atomic E-state index is -0.144. The maximum Gasteiger partial charge on any atom is 0.254 e. The summed E-state index contributed by atoms with van der Waals surface area (Å²) in [6.45, 7) is 10.1. The topological polar surface area (TPSA) is 32.8 Å². The standard InChI is InChI=1S/C21H32N2O2/c1-18(2)9-13-22-12-6-10-21(11-14-22)17-23(15-16-25-21)20(24)19-7-4-3-5-8-19/h3-5,7-8,18H,6,9-17H2,1-2H3/t21-/m1/s1. The maximum atomic E-state index is 12.8. The molecular weight excluding hydrogens is 312 g/mol. The van der Waals surface area contributed by atoms with E-state index in [0.717, 1.165) is 50.4 Å². The molecule has 2 fully saturated rings. The molecule has 4 nitrogen and oxygen atoms in total. The van der Waals surface area contributed by atoms with Crippen molar-refractivity contribution >= 4 is 5.91 Å². The van der Waals surface area contributed by atoms with Crippen LogP contribution in [0.4, 0.5) is 0 Å². The zero-order valence-corrected chi connectivity index (χ0v) is 15.7. The number of carbonyl (C=O) groups is 1. The van der Waals surface area contributed by atoms with Crippen molar-refractivity contribution < 1.29 is 9.53 Å². The van der Waals surface area contributed by atoms with Gasteiger partial charge in [0, 0.05) is 18.7 Å². The Hall–Kier alpha value is -1.39. The van der Waals surface area contributed by atoms with Crippen molar-refractivity contribution in [3.63, 3.8) is 0 Å². The molecular formula is C21H32N2O2. The van der Waals surface area contributed by atoms with Crippen LogP contribution in [-0.4, -0.2) is 60.6 Å². The summed E-state index contributed by atoms with van der Waals surface area (Å²) in [5.74, 6) is 0.895. The van der Waals surface area contributed by atoms with E-state index in [4.69, 9.17) is 4.74 Å². The Balaban J connectivity index is 1.61. The Kier molecular flexibility index (Phi) is 6.13. The van der Waals surface area contributed by atoms with Crippen molar-refractivity contribution in [1.82, 2.24) is 9.80 Å². The minimum absolute atomic E-state index is 0.143. The van der Waals surface area contributed by atoms with Gasteiger partial charge in [0.25, 0.3) is 5.91 Å². The lowest BCUT2D eigenvalue weighted by molar-refractivity contribution is -0.106. The van der Waals surface area contributed by atoms with Gasteiger partial charge in [-0.25, -0.2) is 0 Å². The third-order valence-corrected chi connectivity index (χ3v) is 5.57. The number of carbonyl (C=O) groups excluding carboxylic acids is 1. The third kappa shape index (κ3) is 4.83. The number of morpholine rings is 1. The molecule has 0 saturated carbocycles. The average molecular weight is 344 g/mol. The number of rotatable bonds is 4. The molecule has 2 aliphatic heterocycles. The largest absolute Gasteiger partial charge is 0.371 e. The summed E-state index contributed by atoms with van der Waals surface area (Å²) in [7, 11) is 0. The molecule has 25 heavy (non-hydrogen) atoms. The molecule has 0 aliphatic carbocycles. The number of nitrogens with zero attached hydrogens (tertiary/aromatic N) is 2. The molecule has 1 atom stereocenters. The van der Waals surface area contributed by atoms with Crippen LogP contribution >= 0.6 is 0 Å². The molecule has 2 heterocycles. The molecule has 2 aliphatic rings. The molecule has 0 radical (unpaired) electrons. The van der Waals surface area contributed by atoms with Gasteiger partial charge in [0.2, 0.25) is 0 Å². The highest BCUT2D eigenvalue weighted by Gasteiger charge is 2.39. The quantitative estimate of drug-likeness (QED) is 0.839. The Morgan fingerprint density at radius 3 is 2.72 bits per heavy atom. The molecule has 0 aromatic heterocycles. The van der Waals surface area contributed by atoms with Gasteiger partial charge in [-0.15, -0.1) is 0 Å². The van der Waals surface area contributed by atoms with Gasteiger partial charge in [0.05, 0.1) is 18.8 Å². The van der Waals surface area contributed by atoms with Crippen LogP contribution in [0.25, 0.3) is 0 Å². The van der Waals surface area contributed by atoms with Crippen LogP contribution in [0, 0.1) is 5.92 Å². The summed E-state index contributed by atoms with van der Waals surface area (Å²) < 4.78 is 6.26. The van der Waals surface area contributed by atoms with Crippen LogP contribution in [-0.2, 0) is 4.74 Å². The molecule has 2 saturated heterocycles. The molecule has 4 heteroatoms. The number of ether oxygens (including phenoxy) is 1. The van der Waals surface area contributed by atoms with Crippen molar-refractivity contribution in [2.45, 2.75) is 45.1 Å². The summed E-state index contributed by atoms with van der Waals surface area (Å²) in [5, 5.41) is 0. The van der Waals surface area contributed by atoms with Gasteiger partial charge in [-0.05, 0) is 56.8 Å². The van der Waals surface area contributed by atoms with Crippen LogP contribution in [0.5, 0.6) is 0 Å². The normalized spacial score (nSPS) is 25.3. The zero-order chi connectivity index (χ0) is 17.7. The first-order valence-corrected chi connectivity index (χ1v) is 9.79. The highest BCUT2D eigenvalue weighted by atomic mass is 16.5. The molecule has 1 spiro atoms. The number of amides is 1. The first-order chi connectivity index (χ1) is 12.1. The summed E-state index contributed by atoms with van der Waals surface area (Å²) in [5.41, 5.74) is 0.640. The Bertz CT molecular complexity index is 560. The summed E-state index contributed by atoms with van der Waals surface area (Å²) in [4.78, 5) is 17.4. The maximum absolute atomic E-state index is 12.8. The first kappa shape index (κ1) is 18.4. The van der Waals surface area contributed by atoms with Gasteiger partial charge in [-0.1, -0.05) is 32.0 Å². The van der Waals surface area contributed by atoms with Crippen molar-refractivity contribution in [3.05, 3.63) is 35.9 Å². The summed E-state index contributed by atoms with van der Waals surface area (Å²) in [6.07, 6.45) is 4.51. The predicted octanol–water partition coefficient (Wildman–Crippen LogP) is 3.43. The highest BCUT2D eigenvalue weighted by Crippen LogP contribution is 2.31. The van der Waals surface area contributed by atoms with E-state index in [1.165, 1.54) is 13.0 Å². The van der Waals surface area contributed by atoms with Gasteiger partial charge in [-0.3, -0.25) is 4.79 Å². The van der Waals surface area contributed by atoms with E-state index >= 15 is 0 Å². The Morgan fingerprint density at radius 2 is 1.96 bits per heavy atom. The van der Waals surface area contributed by atoms with Gasteiger partial charge in [-0.2, -0.15) is 0 Å². The smallest absolute Gasteiger partial charge is 0.254 e. The second-order valence-corrected chi connectivity index (χ2v) is 8.00. The number of benzene rings is 1. The van der Waals surface area contributed by atoms with E-state index in [2.05, 4.69) is 18.7 Å². The lowest BCUT2D eigenvalue weighted by Crippen LogP contribution is -2.54. The van der Waals surface area contributed by atoms with E-state index in [-0.39, 0.29) is 11.5 Å². The van der Waals surface area contributed by atoms with Gasteiger partial charge < -0.3 is 14.5 Å². The van der Waals surface area contributed by atoms with Crippen LogP contribution in [0.15, 0.2) is 30.3 Å². The lowest BCUT2D eigenvalue weighted by Gasteiger charge is -2.42. The minimum Gasteiger partial charge on any atom is -0.371 e. The van der Waals surface area contributed by atoms with E-state index in [0.29, 0.717) is 13.2 Å². The van der Waals surface area contributed by atoms with E-state index < -0.39 is 0 Å². The molecule has 0 bridgehead atoms. The van der Waals surface area contributed by atoms with Gasteiger partial charge in [0.15, 0.2) is 0 Å². The fourth-order valence-corrected chi connectivity index (χ4v) is 3.97. The highest BCUT2D eigenvalue weighted by molar-refractivity contribution is 5.94. The monoisotopic (exact) mass is 344 g/mol. The van der Waals surface area contributed by atoms with E-state index in [1.54, 1.807) is 0 Å². The Morgan fingerprint density at radius 1 is 1.16 bits per heavy atom. The van der Waals surface area contributed by atoms with Crippen LogP contribution in [0.2, 0.25) is 0 Å². The second-order valence-electron chi connectivity index (χ2n) is 8.00. The molecule has 0 unspecified atom stereocenters. The fraction of sp³-hybridized carbons (Fsp3) is 0.667. The van der Waals surface area contributed by atoms with Crippen molar-refractivity contribution in [1.29, 1.82) is 0 Å². The molecule has 3 rings (SSSR count). The molecule has 1 aromatic carbocycles. The molecule has 1 amide bonds.